The van der Waals surface area contributed by atoms with Crippen LogP contribution in [0.1, 0.15) is 13.8 Å². The summed E-state index contributed by atoms with van der Waals surface area (Å²) in [6, 6.07) is 0. The molecule has 1 atom stereocenters. The first-order chi connectivity index (χ1) is 8.73. The number of carbonyl (C=O) groups is 2. The van der Waals surface area contributed by atoms with E-state index < -0.39 is 29.3 Å². The second kappa shape index (κ2) is 8.57. The van der Waals surface area contributed by atoms with Gasteiger partial charge in [0.25, 0.3) is 0 Å². The van der Waals surface area contributed by atoms with E-state index in [4.69, 9.17) is 0 Å². The third kappa shape index (κ3) is 8.25. The Hall–Kier alpha value is -1.51. The van der Waals surface area contributed by atoms with Crippen LogP contribution in [0.4, 0.5) is 0 Å². The lowest BCUT2D eigenvalue weighted by atomic mass is 10.3. The number of hydrogen-bond acceptors (Lipinski definition) is 5. The van der Waals surface area contributed by atoms with E-state index in [2.05, 4.69) is 28.0 Å². The highest BCUT2D eigenvalue weighted by molar-refractivity contribution is 7.74. The maximum atomic E-state index is 11.3. The molecule has 0 fully saturated rings. The fourth-order valence-electron chi connectivity index (χ4n) is 0.966. The predicted molar refractivity (Wildman–Crippen MR) is 69.4 cm³/mol. The minimum atomic E-state index is -2.74. The standard InChI is InChI=1S/C11H18N2O5S/c1-7(2)10(14)12-5-9(18-19(16)17)6-13-11(15)8(3)4/h9H,1,3,5-6H2,2,4H3,(H,12,14)(H,13,15)(H,16,17)/p-1. The Morgan fingerprint density at radius 1 is 1.16 bits per heavy atom. The van der Waals surface area contributed by atoms with Crippen LogP contribution in [-0.4, -0.2) is 39.8 Å². The second-order valence-electron chi connectivity index (χ2n) is 3.90. The normalized spacial score (nSPS) is 11.8. The first-order valence-electron chi connectivity index (χ1n) is 5.37. The molecule has 0 aromatic heterocycles. The van der Waals surface area contributed by atoms with E-state index in [0.29, 0.717) is 0 Å². The third-order valence-corrected chi connectivity index (χ3v) is 2.40. The average molecular weight is 289 g/mol. The van der Waals surface area contributed by atoms with Gasteiger partial charge in [0.15, 0.2) is 0 Å². The van der Waals surface area contributed by atoms with Crippen molar-refractivity contribution in [3.05, 3.63) is 24.3 Å². The van der Waals surface area contributed by atoms with Crippen molar-refractivity contribution in [2.75, 3.05) is 13.1 Å². The van der Waals surface area contributed by atoms with E-state index in [1.54, 1.807) is 0 Å². The molecule has 7 nitrogen and oxygen atoms in total. The van der Waals surface area contributed by atoms with E-state index in [0.717, 1.165) is 0 Å². The van der Waals surface area contributed by atoms with Gasteiger partial charge in [-0.05, 0) is 13.8 Å². The summed E-state index contributed by atoms with van der Waals surface area (Å²) < 4.78 is 25.5. The molecule has 8 heteroatoms. The summed E-state index contributed by atoms with van der Waals surface area (Å²) in [5, 5.41) is 4.86. The first kappa shape index (κ1) is 17.5. The maximum Gasteiger partial charge on any atom is 0.246 e. The molecule has 0 aliphatic rings. The molecule has 19 heavy (non-hydrogen) atoms. The summed E-state index contributed by atoms with van der Waals surface area (Å²) in [5.74, 6) is -0.840. The van der Waals surface area contributed by atoms with Crippen LogP contribution in [-0.2, 0) is 25.1 Å². The molecule has 0 aromatic carbocycles. The van der Waals surface area contributed by atoms with Gasteiger partial charge in [-0.1, -0.05) is 13.2 Å². The van der Waals surface area contributed by atoms with Gasteiger partial charge >= 0.3 is 0 Å². The number of carbonyl (C=O) groups excluding carboxylic acids is 2. The molecule has 0 radical (unpaired) electrons. The zero-order chi connectivity index (χ0) is 15.0. The maximum absolute atomic E-state index is 11.3. The van der Waals surface area contributed by atoms with Crippen molar-refractivity contribution >= 4 is 23.2 Å². The summed E-state index contributed by atoms with van der Waals surface area (Å²) in [5.41, 5.74) is 0.570. The molecule has 0 rings (SSSR count). The zero-order valence-electron chi connectivity index (χ0n) is 10.9. The van der Waals surface area contributed by atoms with Crippen LogP contribution in [0.15, 0.2) is 24.3 Å². The van der Waals surface area contributed by atoms with Crippen LogP contribution in [0.5, 0.6) is 0 Å². The van der Waals surface area contributed by atoms with Gasteiger partial charge in [-0.2, -0.15) is 0 Å². The summed E-state index contributed by atoms with van der Waals surface area (Å²) in [6.07, 6.45) is -0.898. The van der Waals surface area contributed by atoms with Gasteiger partial charge in [-0.15, -0.1) is 0 Å². The molecule has 2 N–H and O–H groups in total. The van der Waals surface area contributed by atoms with Crippen LogP contribution in [0.2, 0.25) is 0 Å². The molecule has 108 valence electrons. The highest BCUT2D eigenvalue weighted by Gasteiger charge is 2.14. The Balaban J connectivity index is 4.34. The van der Waals surface area contributed by atoms with Crippen LogP contribution >= 0.6 is 0 Å². The van der Waals surface area contributed by atoms with Crippen molar-refractivity contribution in [2.24, 2.45) is 0 Å². The summed E-state index contributed by atoms with van der Waals surface area (Å²) in [6.45, 7) is 9.75. The van der Waals surface area contributed by atoms with Crippen molar-refractivity contribution in [1.82, 2.24) is 10.6 Å². The molecule has 0 saturated heterocycles. The van der Waals surface area contributed by atoms with Crippen molar-refractivity contribution in [3.63, 3.8) is 0 Å². The number of amides is 2. The molecule has 1 unspecified atom stereocenters. The lowest BCUT2D eigenvalue weighted by Crippen LogP contribution is -2.42. The molecule has 0 bridgehead atoms. The Kier molecular flexibility index (Phi) is 7.89. The van der Waals surface area contributed by atoms with Crippen LogP contribution in [0.3, 0.4) is 0 Å². The van der Waals surface area contributed by atoms with Crippen molar-refractivity contribution in [3.8, 4) is 0 Å². The van der Waals surface area contributed by atoms with E-state index in [1.807, 2.05) is 0 Å². The molecule has 0 heterocycles. The molecule has 0 aromatic rings. The molecule has 0 spiro atoms. The zero-order valence-corrected chi connectivity index (χ0v) is 11.7. The predicted octanol–water partition coefficient (Wildman–Crippen LogP) is -0.450. The van der Waals surface area contributed by atoms with Gasteiger partial charge in [0.2, 0.25) is 11.8 Å². The van der Waals surface area contributed by atoms with Crippen LogP contribution < -0.4 is 10.6 Å². The van der Waals surface area contributed by atoms with Crippen LogP contribution in [0, 0.1) is 0 Å². The van der Waals surface area contributed by atoms with Gasteiger partial charge in [0.1, 0.15) is 6.10 Å². The second-order valence-corrected chi connectivity index (χ2v) is 4.50. The van der Waals surface area contributed by atoms with Gasteiger partial charge in [0.05, 0.1) is 11.4 Å². The van der Waals surface area contributed by atoms with Crippen molar-refractivity contribution in [2.45, 2.75) is 20.0 Å². The van der Waals surface area contributed by atoms with Crippen LogP contribution in [0.25, 0.3) is 0 Å². The SMILES string of the molecule is C=C(C)C(=O)NCC(CNC(=O)C(=C)C)OS(=O)[O-]. The molecule has 0 saturated carbocycles. The quantitative estimate of drug-likeness (QED) is 0.465. The molecule has 0 aliphatic heterocycles. The number of nitrogens with one attached hydrogen (secondary N) is 2. The molecular formula is C11H17N2O5S-. The minimum Gasteiger partial charge on any atom is -0.750 e. The monoisotopic (exact) mass is 289 g/mol. The van der Waals surface area contributed by atoms with Gasteiger partial charge in [0, 0.05) is 24.2 Å². The number of rotatable bonds is 8. The fourth-order valence-corrected chi connectivity index (χ4v) is 1.32. The Morgan fingerprint density at radius 3 is 1.79 bits per heavy atom. The lowest BCUT2D eigenvalue weighted by molar-refractivity contribution is -0.117. The Labute approximate surface area is 114 Å². The molecule has 0 aliphatic carbocycles. The third-order valence-electron chi connectivity index (χ3n) is 1.97. The first-order valence-corrected chi connectivity index (χ1v) is 6.37. The van der Waals surface area contributed by atoms with Crippen molar-refractivity contribution < 1.29 is 22.5 Å². The largest absolute Gasteiger partial charge is 0.750 e. The van der Waals surface area contributed by atoms with Gasteiger partial charge in [-0.3, -0.25) is 13.8 Å². The van der Waals surface area contributed by atoms with Crippen molar-refractivity contribution in [1.29, 1.82) is 0 Å². The van der Waals surface area contributed by atoms with Gasteiger partial charge in [-0.25, -0.2) is 4.21 Å². The smallest absolute Gasteiger partial charge is 0.246 e. The number of hydrogen-bond donors (Lipinski definition) is 2. The topological polar surface area (TPSA) is 108 Å². The van der Waals surface area contributed by atoms with E-state index in [9.17, 15) is 18.4 Å². The average Bonchev–Trinajstić information content (AvgIpc) is 2.30. The summed E-state index contributed by atoms with van der Waals surface area (Å²) >= 11 is -2.74. The molecule has 2 amide bonds. The Morgan fingerprint density at radius 2 is 1.53 bits per heavy atom. The summed E-state index contributed by atoms with van der Waals surface area (Å²) in [4.78, 5) is 22.5. The molecular weight excluding hydrogens is 272 g/mol. The highest BCUT2D eigenvalue weighted by atomic mass is 32.2. The Bertz CT molecular complexity index is 378. The summed E-state index contributed by atoms with van der Waals surface area (Å²) in [7, 11) is 0. The van der Waals surface area contributed by atoms with E-state index >= 15 is 0 Å². The van der Waals surface area contributed by atoms with E-state index in [-0.39, 0.29) is 24.2 Å². The minimum absolute atomic E-state index is 0.0733. The van der Waals surface area contributed by atoms with E-state index in [1.165, 1.54) is 13.8 Å². The highest BCUT2D eigenvalue weighted by Crippen LogP contribution is 1.95. The van der Waals surface area contributed by atoms with Gasteiger partial charge < -0.3 is 15.2 Å². The fraction of sp³-hybridized carbons (Fsp3) is 0.455. The lowest BCUT2D eigenvalue weighted by Gasteiger charge is -2.19.